The average Bonchev–Trinajstić information content (AvgIpc) is 3.04. The Balaban J connectivity index is 1.73. The third-order valence-corrected chi connectivity index (χ3v) is 5.51. The summed E-state index contributed by atoms with van der Waals surface area (Å²) in [7, 11) is -3.28. The Labute approximate surface area is 136 Å². The number of ether oxygens (including phenoxy) is 1. The number of aryl methyl sites for hydroxylation is 1. The summed E-state index contributed by atoms with van der Waals surface area (Å²) in [6.45, 7) is 1.78. The maximum Gasteiger partial charge on any atom is 0.251 e. The van der Waals surface area contributed by atoms with E-state index in [2.05, 4.69) is 5.32 Å². The molecule has 1 aromatic rings. The van der Waals surface area contributed by atoms with Crippen LogP contribution < -0.4 is 9.62 Å². The van der Waals surface area contributed by atoms with Gasteiger partial charge in [0.1, 0.15) is 0 Å². The first-order valence-electron chi connectivity index (χ1n) is 7.95. The highest BCUT2D eigenvalue weighted by molar-refractivity contribution is 7.92. The molecule has 0 aromatic heterocycles. The molecule has 1 fully saturated rings. The molecule has 1 saturated heterocycles. The molecule has 6 nitrogen and oxygen atoms in total. The van der Waals surface area contributed by atoms with Crippen LogP contribution in [0.5, 0.6) is 0 Å². The van der Waals surface area contributed by atoms with Crippen molar-refractivity contribution >= 4 is 21.6 Å². The Bertz CT molecular complexity index is 696. The van der Waals surface area contributed by atoms with Gasteiger partial charge in [-0.1, -0.05) is 0 Å². The lowest BCUT2D eigenvalue weighted by Crippen LogP contribution is -2.35. The van der Waals surface area contributed by atoms with E-state index >= 15 is 0 Å². The number of benzene rings is 1. The van der Waals surface area contributed by atoms with Crippen LogP contribution in [0.2, 0.25) is 0 Å². The molecule has 1 aromatic carbocycles. The average molecular weight is 338 g/mol. The normalized spacial score (nSPS) is 21.1. The number of fused-ring (bicyclic) bond motifs is 1. The van der Waals surface area contributed by atoms with Crippen molar-refractivity contribution in [2.24, 2.45) is 0 Å². The number of nitrogens with one attached hydrogen (secondary N) is 1. The Morgan fingerprint density at radius 1 is 1.39 bits per heavy atom. The van der Waals surface area contributed by atoms with E-state index in [1.165, 1.54) is 10.6 Å². The molecule has 1 amide bonds. The van der Waals surface area contributed by atoms with Crippen LogP contribution in [0.15, 0.2) is 18.2 Å². The van der Waals surface area contributed by atoms with E-state index in [0.29, 0.717) is 24.3 Å². The van der Waals surface area contributed by atoms with E-state index in [1.807, 2.05) is 0 Å². The third-order valence-electron chi connectivity index (χ3n) is 4.33. The fourth-order valence-electron chi connectivity index (χ4n) is 3.16. The van der Waals surface area contributed by atoms with Gasteiger partial charge in [-0.05, 0) is 49.4 Å². The van der Waals surface area contributed by atoms with Gasteiger partial charge in [0.2, 0.25) is 10.0 Å². The fourth-order valence-corrected chi connectivity index (χ4v) is 4.16. The smallest absolute Gasteiger partial charge is 0.251 e. The molecule has 126 valence electrons. The van der Waals surface area contributed by atoms with Crippen LogP contribution in [0.4, 0.5) is 5.69 Å². The molecule has 0 aliphatic carbocycles. The van der Waals surface area contributed by atoms with Crippen LogP contribution in [0, 0.1) is 0 Å². The predicted molar refractivity (Wildman–Crippen MR) is 88.3 cm³/mol. The third kappa shape index (κ3) is 3.67. The summed E-state index contributed by atoms with van der Waals surface area (Å²) in [5, 5.41) is 2.89. The molecule has 7 heteroatoms. The topological polar surface area (TPSA) is 75.7 Å². The zero-order valence-corrected chi connectivity index (χ0v) is 14.1. The van der Waals surface area contributed by atoms with Gasteiger partial charge in [-0.25, -0.2) is 8.42 Å². The molecular formula is C16H22N2O4S. The number of sulfonamides is 1. The molecule has 3 rings (SSSR count). The summed E-state index contributed by atoms with van der Waals surface area (Å²) in [6.07, 6.45) is 4.89. The zero-order chi connectivity index (χ0) is 16.4. The van der Waals surface area contributed by atoms with E-state index in [0.717, 1.165) is 37.9 Å². The number of hydrogen-bond donors (Lipinski definition) is 1. The highest BCUT2D eigenvalue weighted by atomic mass is 32.2. The van der Waals surface area contributed by atoms with Crippen molar-refractivity contribution in [1.29, 1.82) is 0 Å². The molecule has 1 unspecified atom stereocenters. The summed E-state index contributed by atoms with van der Waals surface area (Å²) in [5.41, 5.74) is 2.16. The molecule has 0 spiro atoms. The minimum atomic E-state index is -3.28. The Hall–Kier alpha value is -1.60. The van der Waals surface area contributed by atoms with Gasteiger partial charge in [0.05, 0.1) is 18.0 Å². The molecule has 1 atom stereocenters. The number of hydrogen-bond acceptors (Lipinski definition) is 4. The second kappa shape index (κ2) is 6.49. The van der Waals surface area contributed by atoms with E-state index in [9.17, 15) is 13.2 Å². The fraction of sp³-hybridized carbons (Fsp3) is 0.562. The SMILES string of the molecule is CS(=O)(=O)N1CCCc2cc(C(=O)NCC3CCCO3)ccc21. The molecule has 1 N–H and O–H groups in total. The van der Waals surface area contributed by atoms with Crippen LogP contribution in [-0.4, -0.2) is 46.4 Å². The lowest BCUT2D eigenvalue weighted by atomic mass is 10.0. The van der Waals surface area contributed by atoms with Gasteiger partial charge < -0.3 is 10.1 Å². The van der Waals surface area contributed by atoms with Crippen molar-refractivity contribution in [1.82, 2.24) is 5.32 Å². The van der Waals surface area contributed by atoms with E-state index in [4.69, 9.17) is 4.74 Å². The highest BCUT2D eigenvalue weighted by Crippen LogP contribution is 2.29. The van der Waals surface area contributed by atoms with Gasteiger partial charge in [0.25, 0.3) is 5.91 Å². The maximum absolute atomic E-state index is 12.3. The summed E-state index contributed by atoms with van der Waals surface area (Å²) in [4.78, 5) is 12.3. The highest BCUT2D eigenvalue weighted by Gasteiger charge is 2.25. The van der Waals surface area contributed by atoms with Gasteiger partial charge >= 0.3 is 0 Å². The molecule has 2 aliphatic rings. The zero-order valence-electron chi connectivity index (χ0n) is 13.2. The lowest BCUT2D eigenvalue weighted by molar-refractivity contribution is 0.0857. The Kier molecular flexibility index (Phi) is 4.59. The Morgan fingerprint density at radius 2 is 2.22 bits per heavy atom. The quantitative estimate of drug-likeness (QED) is 0.898. The van der Waals surface area contributed by atoms with E-state index in [-0.39, 0.29) is 12.0 Å². The van der Waals surface area contributed by atoms with Gasteiger partial charge in [-0.3, -0.25) is 9.10 Å². The van der Waals surface area contributed by atoms with Gasteiger partial charge in [-0.2, -0.15) is 0 Å². The minimum Gasteiger partial charge on any atom is -0.376 e. The second-order valence-electron chi connectivity index (χ2n) is 6.13. The summed E-state index contributed by atoms with van der Waals surface area (Å²) < 4.78 is 30.6. The molecule has 2 heterocycles. The monoisotopic (exact) mass is 338 g/mol. The van der Waals surface area contributed by atoms with Crippen LogP contribution in [-0.2, 0) is 21.2 Å². The Morgan fingerprint density at radius 3 is 2.91 bits per heavy atom. The molecule has 0 bridgehead atoms. The molecule has 23 heavy (non-hydrogen) atoms. The number of carbonyl (C=O) groups is 1. The van der Waals surface area contributed by atoms with Crippen molar-refractivity contribution in [2.75, 3.05) is 30.3 Å². The van der Waals surface area contributed by atoms with Crippen LogP contribution in [0.3, 0.4) is 0 Å². The second-order valence-corrected chi connectivity index (χ2v) is 8.03. The predicted octanol–water partition coefficient (Wildman–Crippen LogP) is 1.31. The first-order chi connectivity index (χ1) is 10.9. The first kappa shape index (κ1) is 16.3. The number of rotatable bonds is 4. The van der Waals surface area contributed by atoms with E-state index < -0.39 is 10.0 Å². The van der Waals surface area contributed by atoms with Crippen molar-refractivity contribution in [3.63, 3.8) is 0 Å². The molecular weight excluding hydrogens is 316 g/mol. The van der Waals surface area contributed by atoms with Crippen molar-refractivity contribution in [2.45, 2.75) is 31.8 Å². The summed E-state index contributed by atoms with van der Waals surface area (Å²) >= 11 is 0. The van der Waals surface area contributed by atoms with Crippen molar-refractivity contribution in [3.05, 3.63) is 29.3 Å². The standard InChI is InChI=1S/C16H22N2O4S/c1-23(20,21)18-8-2-4-12-10-13(6-7-15(12)18)16(19)17-11-14-5-3-9-22-14/h6-7,10,14H,2-5,8-9,11H2,1H3,(H,17,19). The molecule has 0 radical (unpaired) electrons. The van der Waals surface area contributed by atoms with Crippen LogP contribution >= 0.6 is 0 Å². The van der Waals surface area contributed by atoms with Crippen molar-refractivity contribution < 1.29 is 17.9 Å². The summed E-state index contributed by atoms with van der Waals surface area (Å²) in [5.74, 6) is -0.139. The minimum absolute atomic E-state index is 0.109. The first-order valence-corrected chi connectivity index (χ1v) is 9.80. The molecule has 0 saturated carbocycles. The maximum atomic E-state index is 12.3. The largest absolute Gasteiger partial charge is 0.376 e. The molecule has 2 aliphatic heterocycles. The number of anilines is 1. The van der Waals surface area contributed by atoms with E-state index in [1.54, 1.807) is 18.2 Å². The summed E-state index contributed by atoms with van der Waals surface area (Å²) in [6, 6.07) is 5.22. The van der Waals surface area contributed by atoms with Gasteiger partial charge in [0, 0.05) is 25.3 Å². The van der Waals surface area contributed by atoms with Crippen LogP contribution in [0.1, 0.15) is 35.2 Å². The van der Waals surface area contributed by atoms with Crippen molar-refractivity contribution in [3.8, 4) is 0 Å². The van der Waals surface area contributed by atoms with Gasteiger partial charge in [0.15, 0.2) is 0 Å². The van der Waals surface area contributed by atoms with Crippen LogP contribution in [0.25, 0.3) is 0 Å². The van der Waals surface area contributed by atoms with Gasteiger partial charge in [-0.15, -0.1) is 0 Å². The number of amides is 1. The number of nitrogens with zero attached hydrogens (tertiary/aromatic N) is 1. The number of carbonyl (C=O) groups excluding carboxylic acids is 1. The lowest BCUT2D eigenvalue weighted by Gasteiger charge is -2.29.